The van der Waals surface area contributed by atoms with Crippen LogP contribution in [-0.4, -0.2) is 49.2 Å². The Morgan fingerprint density at radius 3 is 3.00 bits per heavy atom. The largest absolute Gasteiger partial charge is 0.316 e. The van der Waals surface area contributed by atoms with E-state index in [1.165, 1.54) is 44.5 Å². The van der Waals surface area contributed by atoms with E-state index in [0.717, 1.165) is 25.6 Å². The van der Waals surface area contributed by atoms with Crippen LogP contribution in [-0.2, 0) is 0 Å². The zero-order valence-electron chi connectivity index (χ0n) is 14.3. The molecule has 2 aliphatic rings. The van der Waals surface area contributed by atoms with Gasteiger partial charge < -0.3 is 10.2 Å². The van der Waals surface area contributed by atoms with Crippen molar-refractivity contribution in [2.24, 2.45) is 11.8 Å². The van der Waals surface area contributed by atoms with Crippen LogP contribution in [0.5, 0.6) is 0 Å². The Labute approximate surface area is 140 Å². The van der Waals surface area contributed by atoms with Gasteiger partial charge in [0.1, 0.15) is 0 Å². The first-order valence-electron chi connectivity index (χ1n) is 9.14. The first-order chi connectivity index (χ1) is 11.3. The Morgan fingerprint density at radius 1 is 1.35 bits per heavy atom. The highest BCUT2D eigenvalue weighted by atomic mass is 15.4. The Morgan fingerprint density at radius 2 is 2.22 bits per heavy atom. The van der Waals surface area contributed by atoms with Gasteiger partial charge in [0.05, 0.1) is 6.04 Å². The van der Waals surface area contributed by atoms with Crippen molar-refractivity contribution < 1.29 is 0 Å². The van der Waals surface area contributed by atoms with Gasteiger partial charge in [-0.1, -0.05) is 13.0 Å². The molecule has 0 aromatic carbocycles. The van der Waals surface area contributed by atoms with Gasteiger partial charge in [-0.2, -0.15) is 0 Å². The van der Waals surface area contributed by atoms with Crippen LogP contribution in [0, 0.1) is 11.8 Å². The van der Waals surface area contributed by atoms with E-state index in [4.69, 9.17) is 0 Å². The van der Waals surface area contributed by atoms with E-state index in [-0.39, 0.29) is 0 Å². The number of aromatic nitrogens is 1. The molecule has 1 aromatic rings. The maximum absolute atomic E-state index is 4.24. The lowest BCUT2D eigenvalue weighted by atomic mass is 9.96. The van der Waals surface area contributed by atoms with Crippen molar-refractivity contribution in [3.63, 3.8) is 0 Å². The van der Waals surface area contributed by atoms with Crippen LogP contribution in [0.2, 0.25) is 0 Å². The summed E-state index contributed by atoms with van der Waals surface area (Å²) in [4.78, 5) is 6.86. The van der Waals surface area contributed by atoms with Crippen molar-refractivity contribution >= 4 is 0 Å². The molecule has 5 heteroatoms. The molecule has 3 rings (SSSR count). The van der Waals surface area contributed by atoms with Crippen LogP contribution in [0.3, 0.4) is 0 Å². The van der Waals surface area contributed by atoms with Crippen LogP contribution < -0.4 is 16.2 Å². The molecular weight excluding hydrogens is 286 g/mol. The molecule has 5 nitrogen and oxygen atoms in total. The minimum absolute atomic E-state index is 0.361. The smallest absolute Gasteiger partial charge is 0.0530 e. The number of hydrazine groups is 1. The summed E-state index contributed by atoms with van der Waals surface area (Å²) in [5, 5.41) is 3.65. The summed E-state index contributed by atoms with van der Waals surface area (Å²) < 4.78 is 0. The molecule has 2 aliphatic heterocycles. The Hall–Kier alpha value is -1.01. The number of nitrogens with zero attached hydrogens (tertiary/aromatic N) is 2. The third-order valence-corrected chi connectivity index (χ3v) is 5.25. The van der Waals surface area contributed by atoms with Gasteiger partial charge in [-0.25, -0.2) is 5.43 Å². The molecule has 2 fully saturated rings. The molecule has 2 atom stereocenters. The van der Waals surface area contributed by atoms with Crippen LogP contribution in [0.1, 0.15) is 37.8 Å². The molecule has 0 amide bonds. The number of likely N-dealkylation sites (tertiary alicyclic amines) is 1. The highest BCUT2D eigenvalue weighted by molar-refractivity contribution is 5.16. The first-order valence-corrected chi connectivity index (χ1v) is 9.14. The van der Waals surface area contributed by atoms with E-state index in [1.54, 1.807) is 0 Å². The van der Waals surface area contributed by atoms with Crippen molar-refractivity contribution in [1.82, 2.24) is 26.1 Å². The van der Waals surface area contributed by atoms with Gasteiger partial charge in [0.2, 0.25) is 0 Å². The summed E-state index contributed by atoms with van der Waals surface area (Å²) in [7, 11) is 0. The number of pyridine rings is 1. The average molecular weight is 317 g/mol. The average Bonchev–Trinajstić information content (AvgIpc) is 3.05. The van der Waals surface area contributed by atoms with E-state index < -0.39 is 0 Å². The molecule has 2 saturated heterocycles. The summed E-state index contributed by atoms with van der Waals surface area (Å²) in [5.74, 6) is 1.51. The molecule has 0 radical (unpaired) electrons. The predicted octanol–water partition coefficient (Wildman–Crippen LogP) is 1.56. The normalized spacial score (nSPS) is 26.7. The summed E-state index contributed by atoms with van der Waals surface area (Å²) in [5.41, 5.74) is 7.94. The van der Waals surface area contributed by atoms with Crippen molar-refractivity contribution in [2.75, 3.05) is 39.3 Å². The molecular formula is C18H31N5. The van der Waals surface area contributed by atoms with Crippen LogP contribution in [0.4, 0.5) is 0 Å². The summed E-state index contributed by atoms with van der Waals surface area (Å²) in [6, 6.07) is 4.53. The van der Waals surface area contributed by atoms with Gasteiger partial charge in [-0.3, -0.25) is 10.4 Å². The molecule has 0 bridgehead atoms. The Balaban J connectivity index is 1.32. The van der Waals surface area contributed by atoms with Crippen molar-refractivity contribution in [3.8, 4) is 0 Å². The SMILES string of the molecule is CC1CCN(CCCNCC2CNNC2c2cccnc2)CC1. The highest BCUT2D eigenvalue weighted by Gasteiger charge is 2.27. The monoisotopic (exact) mass is 317 g/mol. The fraction of sp³-hybridized carbons (Fsp3) is 0.722. The lowest BCUT2D eigenvalue weighted by Crippen LogP contribution is -2.35. The fourth-order valence-corrected chi connectivity index (χ4v) is 3.64. The number of hydrogen-bond donors (Lipinski definition) is 3. The quantitative estimate of drug-likeness (QED) is 0.666. The van der Waals surface area contributed by atoms with Gasteiger partial charge in [0.15, 0.2) is 0 Å². The Kier molecular flexibility index (Phi) is 6.39. The fourth-order valence-electron chi connectivity index (χ4n) is 3.64. The van der Waals surface area contributed by atoms with Crippen molar-refractivity contribution in [1.29, 1.82) is 0 Å². The van der Waals surface area contributed by atoms with E-state index in [9.17, 15) is 0 Å². The third-order valence-electron chi connectivity index (χ3n) is 5.25. The van der Waals surface area contributed by atoms with Gasteiger partial charge in [-0.15, -0.1) is 0 Å². The second kappa shape index (κ2) is 8.73. The predicted molar refractivity (Wildman–Crippen MR) is 93.9 cm³/mol. The van der Waals surface area contributed by atoms with Crippen molar-refractivity contribution in [2.45, 2.75) is 32.2 Å². The molecule has 0 aliphatic carbocycles. The molecule has 3 N–H and O–H groups in total. The third kappa shape index (κ3) is 4.98. The van der Waals surface area contributed by atoms with E-state index in [1.807, 2.05) is 18.5 Å². The van der Waals surface area contributed by atoms with Crippen LogP contribution >= 0.6 is 0 Å². The maximum Gasteiger partial charge on any atom is 0.0530 e. The summed E-state index contributed by atoms with van der Waals surface area (Å²) >= 11 is 0. The van der Waals surface area contributed by atoms with Gasteiger partial charge >= 0.3 is 0 Å². The molecule has 23 heavy (non-hydrogen) atoms. The molecule has 1 aromatic heterocycles. The summed E-state index contributed by atoms with van der Waals surface area (Å²) in [6.07, 6.45) is 7.80. The zero-order chi connectivity index (χ0) is 15.9. The minimum Gasteiger partial charge on any atom is -0.316 e. The number of rotatable bonds is 7. The van der Waals surface area contributed by atoms with Crippen LogP contribution in [0.25, 0.3) is 0 Å². The van der Waals surface area contributed by atoms with Gasteiger partial charge in [0, 0.05) is 31.4 Å². The number of piperidine rings is 1. The second-order valence-electron chi connectivity index (χ2n) is 7.13. The van der Waals surface area contributed by atoms with Crippen LogP contribution in [0.15, 0.2) is 24.5 Å². The zero-order valence-corrected chi connectivity index (χ0v) is 14.3. The maximum atomic E-state index is 4.24. The molecule has 0 saturated carbocycles. The van der Waals surface area contributed by atoms with E-state index in [2.05, 4.69) is 39.0 Å². The number of nitrogens with one attached hydrogen (secondary N) is 3. The van der Waals surface area contributed by atoms with Gasteiger partial charge in [0.25, 0.3) is 0 Å². The van der Waals surface area contributed by atoms with Gasteiger partial charge in [-0.05, 0) is 63.0 Å². The molecule has 0 spiro atoms. The van der Waals surface area contributed by atoms with E-state index >= 15 is 0 Å². The highest BCUT2D eigenvalue weighted by Crippen LogP contribution is 2.23. The number of hydrogen-bond acceptors (Lipinski definition) is 5. The topological polar surface area (TPSA) is 52.2 Å². The molecule has 3 heterocycles. The minimum atomic E-state index is 0.361. The lowest BCUT2D eigenvalue weighted by Gasteiger charge is -2.30. The first kappa shape index (κ1) is 16.8. The second-order valence-corrected chi connectivity index (χ2v) is 7.13. The van der Waals surface area contributed by atoms with Crippen molar-refractivity contribution in [3.05, 3.63) is 30.1 Å². The van der Waals surface area contributed by atoms with E-state index in [0.29, 0.717) is 12.0 Å². The molecule has 2 unspecified atom stereocenters. The Bertz CT molecular complexity index is 444. The lowest BCUT2D eigenvalue weighted by molar-refractivity contribution is 0.190. The standard InChI is InChI=1S/C18H31N5/c1-15-5-10-23(11-6-15)9-3-8-20-13-17-14-21-22-18(17)16-4-2-7-19-12-16/h2,4,7,12,15,17-18,20-22H,3,5-6,8-11,13-14H2,1H3. The summed E-state index contributed by atoms with van der Waals surface area (Å²) in [6.45, 7) is 9.38. The molecule has 128 valence electrons.